The van der Waals surface area contributed by atoms with Crippen molar-refractivity contribution in [2.75, 3.05) is 25.2 Å². The summed E-state index contributed by atoms with van der Waals surface area (Å²) < 4.78 is 7.94. The van der Waals surface area contributed by atoms with Gasteiger partial charge in [-0.2, -0.15) is 5.10 Å². The SMILES string of the molecule is COCCN(C(=O)c1csc(-c2cnn(C)c2)n1)c1nc2ccccc2s1. The van der Waals surface area contributed by atoms with E-state index in [1.54, 1.807) is 28.3 Å². The van der Waals surface area contributed by atoms with E-state index in [2.05, 4.69) is 15.1 Å². The summed E-state index contributed by atoms with van der Waals surface area (Å²) in [5.74, 6) is -0.183. The number of carbonyl (C=O) groups excluding carboxylic acids is 1. The number of methoxy groups -OCH3 is 1. The van der Waals surface area contributed by atoms with Crippen molar-refractivity contribution in [2.24, 2.45) is 7.05 Å². The molecule has 1 aromatic carbocycles. The molecule has 0 fully saturated rings. The maximum Gasteiger partial charge on any atom is 0.279 e. The molecule has 27 heavy (non-hydrogen) atoms. The Labute approximate surface area is 163 Å². The van der Waals surface area contributed by atoms with Gasteiger partial charge in [0.1, 0.15) is 10.7 Å². The van der Waals surface area contributed by atoms with Crippen molar-refractivity contribution in [1.29, 1.82) is 0 Å². The number of carbonyl (C=O) groups is 1. The van der Waals surface area contributed by atoms with Crippen LogP contribution in [0.5, 0.6) is 0 Å². The number of aryl methyl sites for hydroxylation is 1. The van der Waals surface area contributed by atoms with Gasteiger partial charge in [0.2, 0.25) is 0 Å². The molecule has 0 unspecified atom stereocenters. The second-order valence-corrected chi connectivity index (χ2v) is 7.72. The molecule has 3 aromatic heterocycles. The van der Waals surface area contributed by atoms with Crippen LogP contribution in [0.3, 0.4) is 0 Å². The Morgan fingerprint density at radius 1 is 1.30 bits per heavy atom. The van der Waals surface area contributed by atoms with Crippen molar-refractivity contribution in [3.63, 3.8) is 0 Å². The number of para-hydroxylation sites is 1. The van der Waals surface area contributed by atoms with Gasteiger partial charge in [-0.15, -0.1) is 11.3 Å². The highest BCUT2D eigenvalue weighted by atomic mass is 32.1. The molecule has 0 saturated carbocycles. The smallest absolute Gasteiger partial charge is 0.279 e. The van der Waals surface area contributed by atoms with Crippen LogP contribution < -0.4 is 4.90 Å². The highest BCUT2D eigenvalue weighted by Gasteiger charge is 2.23. The van der Waals surface area contributed by atoms with Gasteiger partial charge in [-0.1, -0.05) is 23.5 Å². The average molecular weight is 400 g/mol. The van der Waals surface area contributed by atoms with Crippen LogP contribution >= 0.6 is 22.7 Å². The molecule has 138 valence electrons. The molecule has 7 nitrogen and oxygen atoms in total. The quantitative estimate of drug-likeness (QED) is 0.497. The monoisotopic (exact) mass is 399 g/mol. The number of thiazole rings is 2. The maximum absolute atomic E-state index is 13.1. The number of hydrogen-bond acceptors (Lipinski definition) is 7. The first-order chi connectivity index (χ1) is 13.2. The summed E-state index contributed by atoms with van der Waals surface area (Å²) in [5.41, 5.74) is 2.17. The van der Waals surface area contributed by atoms with Crippen molar-refractivity contribution in [1.82, 2.24) is 19.7 Å². The van der Waals surface area contributed by atoms with Gasteiger partial charge in [0, 0.05) is 31.3 Å². The largest absolute Gasteiger partial charge is 0.383 e. The van der Waals surface area contributed by atoms with E-state index in [0.29, 0.717) is 24.0 Å². The van der Waals surface area contributed by atoms with Gasteiger partial charge in [-0.05, 0) is 12.1 Å². The fourth-order valence-electron chi connectivity index (χ4n) is 2.62. The summed E-state index contributed by atoms with van der Waals surface area (Å²) in [6.45, 7) is 0.830. The average Bonchev–Trinajstić information content (AvgIpc) is 3.40. The van der Waals surface area contributed by atoms with Crippen LogP contribution in [0.25, 0.3) is 20.8 Å². The van der Waals surface area contributed by atoms with Crippen LogP contribution in [0.15, 0.2) is 42.0 Å². The molecule has 4 rings (SSSR count). The number of aromatic nitrogens is 4. The Kier molecular flexibility index (Phi) is 4.97. The van der Waals surface area contributed by atoms with Gasteiger partial charge in [0.25, 0.3) is 5.91 Å². The van der Waals surface area contributed by atoms with Gasteiger partial charge in [0.05, 0.1) is 29.6 Å². The third-order valence-electron chi connectivity index (χ3n) is 3.95. The highest BCUT2D eigenvalue weighted by molar-refractivity contribution is 7.22. The van der Waals surface area contributed by atoms with Gasteiger partial charge in [-0.3, -0.25) is 14.4 Å². The molecule has 9 heteroatoms. The topological polar surface area (TPSA) is 73.1 Å². The van der Waals surface area contributed by atoms with Crippen molar-refractivity contribution in [3.05, 3.63) is 47.7 Å². The summed E-state index contributed by atoms with van der Waals surface area (Å²) in [4.78, 5) is 23.9. The summed E-state index contributed by atoms with van der Waals surface area (Å²) in [6.07, 6.45) is 3.62. The minimum absolute atomic E-state index is 0.183. The number of ether oxygens (including phenoxy) is 1. The Balaban J connectivity index is 1.65. The Morgan fingerprint density at radius 3 is 2.89 bits per heavy atom. The van der Waals surface area contributed by atoms with Gasteiger partial charge in [0.15, 0.2) is 5.13 Å². The van der Waals surface area contributed by atoms with Crippen LogP contribution in [0.4, 0.5) is 5.13 Å². The van der Waals surface area contributed by atoms with E-state index in [4.69, 9.17) is 4.74 Å². The molecule has 0 N–H and O–H groups in total. The lowest BCUT2D eigenvalue weighted by Gasteiger charge is -2.18. The van der Waals surface area contributed by atoms with E-state index < -0.39 is 0 Å². The zero-order valence-corrected chi connectivity index (χ0v) is 16.5. The molecule has 0 atom stereocenters. The third kappa shape index (κ3) is 3.61. The highest BCUT2D eigenvalue weighted by Crippen LogP contribution is 2.30. The predicted octanol–water partition coefficient (Wildman–Crippen LogP) is 3.45. The first-order valence-corrected chi connectivity index (χ1v) is 9.96. The number of rotatable bonds is 6. The zero-order valence-electron chi connectivity index (χ0n) is 14.8. The van der Waals surface area contributed by atoms with Crippen molar-refractivity contribution < 1.29 is 9.53 Å². The molecule has 0 saturated heterocycles. The lowest BCUT2D eigenvalue weighted by molar-refractivity contribution is 0.0972. The fraction of sp³-hybridized carbons (Fsp3) is 0.222. The minimum atomic E-state index is -0.183. The molecular weight excluding hydrogens is 382 g/mol. The van der Waals surface area contributed by atoms with E-state index in [1.165, 1.54) is 22.7 Å². The summed E-state index contributed by atoms with van der Waals surface area (Å²) in [6, 6.07) is 7.84. The molecule has 4 aromatic rings. The van der Waals surface area contributed by atoms with Crippen molar-refractivity contribution >= 4 is 43.9 Å². The van der Waals surface area contributed by atoms with Crippen molar-refractivity contribution in [3.8, 4) is 10.6 Å². The summed E-state index contributed by atoms with van der Waals surface area (Å²) in [7, 11) is 3.47. The Hall–Kier alpha value is -2.62. The molecule has 0 aliphatic rings. The maximum atomic E-state index is 13.1. The van der Waals surface area contributed by atoms with Gasteiger partial charge < -0.3 is 4.74 Å². The molecule has 3 heterocycles. The second-order valence-electron chi connectivity index (χ2n) is 5.85. The van der Waals surface area contributed by atoms with E-state index in [-0.39, 0.29) is 5.91 Å². The Bertz CT molecular complexity index is 1050. The van der Waals surface area contributed by atoms with E-state index in [9.17, 15) is 4.79 Å². The molecule has 0 radical (unpaired) electrons. The summed E-state index contributed by atoms with van der Waals surface area (Å²) >= 11 is 2.91. The van der Waals surface area contributed by atoms with E-state index in [1.807, 2.05) is 37.5 Å². The summed E-state index contributed by atoms with van der Waals surface area (Å²) in [5, 5.41) is 7.35. The minimum Gasteiger partial charge on any atom is -0.383 e. The van der Waals surface area contributed by atoms with E-state index in [0.717, 1.165) is 20.8 Å². The van der Waals surface area contributed by atoms with Crippen LogP contribution in [-0.4, -0.2) is 45.9 Å². The molecule has 0 aliphatic carbocycles. The van der Waals surface area contributed by atoms with Crippen LogP contribution in [0, 0.1) is 0 Å². The fourth-order valence-corrected chi connectivity index (χ4v) is 4.38. The standard InChI is InChI=1S/C18H17N5O2S2/c1-22-10-12(9-19-22)16-20-14(11-26-16)17(24)23(7-8-25-2)18-21-13-5-3-4-6-15(13)27-18/h3-6,9-11H,7-8H2,1-2H3. The van der Waals surface area contributed by atoms with Crippen molar-refractivity contribution in [2.45, 2.75) is 0 Å². The first kappa shape index (κ1) is 17.8. The number of nitrogens with zero attached hydrogens (tertiary/aromatic N) is 5. The molecule has 0 spiro atoms. The molecule has 0 aliphatic heterocycles. The molecular formula is C18H17N5O2S2. The number of benzene rings is 1. The van der Waals surface area contributed by atoms with Crippen LogP contribution in [0.2, 0.25) is 0 Å². The first-order valence-electron chi connectivity index (χ1n) is 8.26. The number of amides is 1. The van der Waals surface area contributed by atoms with Gasteiger partial charge in [-0.25, -0.2) is 9.97 Å². The Morgan fingerprint density at radius 2 is 2.15 bits per heavy atom. The third-order valence-corrected chi connectivity index (χ3v) is 5.90. The van der Waals surface area contributed by atoms with Gasteiger partial charge >= 0.3 is 0 Å². The number of fused-ring (bicyclic) bond motifs is 1. The second kappa shape index (κ2) is 7.55. The predicted molar refractivity (Wildman–Crippen MR) is 107 cm³/mol. The lowest BCUT2D eigenvalue weighted by Crippen LogP contribution is -2.34. The molecule has 1 amide bonds. The van der Waals surface area contributed by atoms with Crippen LogP contribution in [0.1, 0.15) is 10.5 Å². The number of hydrogen-bond donors (Lipinski definition) is 0. The number of anilines is 1. The zero-order chi connectivity index (χ0) is 18.8. The normalized spacial score (nSPS) is 11.2. The lowest BCUT2D eigenvalue weighted by atomic mass is 10.3. The van der Waals surface area contributed by atoms with E-state index >= 15 is 0 Å². The molecule has 0 bridgehead atoms. The van der Waals surface area contributed by atoms with Crippen LogP contribution in [-0.2, 0) is 11.8 Å².